The summed E-state index contributed by atoms with van der Waals surface area (Å²) in [5, 5.41) is 3.62. The number of carbonyl (C=O) groups excluding carboxylic acids is 1. The van der Waals surface area contributed by atoms with E-state index in [1.54, 1.807) is 6.26 Å². The van der Waals surface area contributed by atoms with Gasteiger partial charge in [0, 0.05) is 28.6 Å². The highest BCUT2D eigenvalue weighted by Gasteiger charge is 2.32. The van der Waals surface area contributed by atoms with E-state index in [2.05, 4.69) is 10.3 Å². The maximum absolute atomic E-state index is 13.4. The summed E-state index contributed by atoms with van der Waals surface area (Å²) in [7, 11) is 0. The van der Waals surface area contributed by atoms with Crippen molar-refractivity contribution in [3.8, 4) is 11.3 Å². The average Bonchev–Trinajstić information content (AvgIpc) is 3.47. The quantitative estimate of drug-likeness (QED) is 0.370. The first-order valence-corrected chi connectivity index (χ1v) is 12.5. The molecule has 0 saturated heterocycles. The standard InChI is InChI=1S/C27H24N4O4S/c1-15-6-4-7-16(10-15)29-20(32)12-31-14-28-23-22-21(19-8-5-9-34-19)17-13-35-27(2,3)11-18(17)30-25(22)36-24(23)26(31)33/h4-10,14H,11-13H2,1-3H3,(H,29,32). The molecule has 0 fully saturated rings. The molecule has 5 aromatic rings. The van der Waals surface area contributed by atoms with Crippen LogP contribution in [0.3, 0.4) is 0 Å². The maximum Gasteiger partial charge on any atom is 0.271 e. The lowest BCUT2D eigenvalue weighted by molar-refractivity contribution is -0.116. The highest BCUT2D eigenvalue weighted by molar-refractivity contribution is 7.25. The van der Waals surface area contributed by atoms with Gasteiger partial charge < -0.3 is 14.5 Å². The molecule has 5 heterocycles. The van der Waals surface area contributed by atoms with Gasteiger partial charge in [-0.15, -0.1) is 11.3 Å². The van der Waals surface area contributed by atoms with Gasteiger partial charge in [0.25, 0.3) is 5.56 Å². The number of carbonyl (C=O) groups is 1. The molecule has 4 aromatic heterocycles. The number of fused-ring (bicyclic) bond motifs is 4. The lowest BCUT2D eigenvalue weighted by Crippen LogP contribution is -2.32. The SMILES string of the molecule is Cc1cccc(NC(=O)Cn2cnc3c(sc4nc5c(c(-c6ccco6)c43)COC(C)(C)C5)c2=O)c1. The van der Waals surface area contributed by atoms with Crippen LogP contribution in [0.1, 0.15) is 30.7 Å². The molecule has 1 N–H and O–H groups in total. The molecule has 36 heavy (non-hydrogen) atoms. The summed E-state index contributed by atoms with van der Waals surface area (Å²) in [5.74, 6) is 0.388. The van der Waals surface area contributed by atoms with Crippen molar-refractivity contribution in [3.05, 3.63) is 76.2 Å². The van der Waals surface area contributed by atoms with E-state index in [0.717, 1.165) is 32.6 Å². The fourth-order valence-electron chi connectivity index (χ4n) is 4.69. The lowest BCUT2D eigenvalue weighted by Gasteiger charge is -2.32. The molecule has 1 aliphatic heterocycles. The summed E-state index contributed by atoms with van der Waals surface area (Å²) in [6.07, 6.45) is 3.71. The predicted octanol–water partition coefficient (Wildman–Crippen LogP) is 5.06. The zero-order chi connectivity index (χ0) is 25.0. The topological polar surface area (TPSA) is 99.2 Å². The molecule has 0 spiro atoms. The van der Waals surface area contributed by atoms with Crippen LogP contribution in [-0.2, 0) is 29.1 Å². The lowest BCUT2D eigenvalue weighted by atomic mass is 9.91. The third kappa shape index (κ3) is 3.90. The molecular weight excluding hydrogens is 476 g/mol. The Balaban J connectivity index is 1.46. The van der Waals surface area contributed by atoms with Crippen LogP contribution in [0.4, 0.5) is 5.69 Å². The van der Waals surface area contributed by atoms with Gasteiger partial charge in [-0.2, -0.15) is 0 Å². The van der Waals surface area contributed by atoms with Crippen molar-refractivity contribution >= 4 is 43.4 Å². The summed E-state index contributed by atoms with van der Waals surface area (Å²) in [6.45, 7) is 6.30. The highest BCUT2D eigenvalue weighted by Crippen LogP contribution is 2.43. The van der Waals surface area contributed by atoms with Gasteiger partial charge in [-0.3, -0.25) is 14.2 Å². The van der Waals surface area contributed by atoms with E-state index in [-0.39, 0.29) is 23.6 Å². The summed E-state index contributed by atoms with van der Waals surface area (Å²) < 4.78 is 13.7. The van der Waals surface area contributed by atoms with Crippen LogP contribution in [-0.4, -0.2) is 26.0 Å². The number of amides is 1. The first-order valence-electron chi connectivity index (χ1n) is 11.7. The molecule has 0 saturated carbocycles. The molecule has 0 bridgehead atoms. The number of anilines is 1. The van der Waals surface area contributed by atoms with Crippen molar-refractivity contribution in [1.82, 2.24) is 14.5 Å². The molecule has 0 radical (unpaired) electrons. The van der Waals surface area contributed by atoms with Crippen LogP contribution in [0.2, 0.25) is 0 Å². The number of rotatable bonds is 4. The monoisotopic (exact) mass is 500 g/mol. The summed E-state index contributed by atoms with van der Waals surface area (Å²) in [4.78, 5) is 36.4. The van der Waals surface area contributed by atoms with E-state index >= 15 is 0 Å². The minimum atomic E-state index is -0.333. The van der Waals surface area contributed by atoms with Crippen molar-refractivity contribution in [1.29, 1.82) is 0 Å². The highest BCUT2D eigenvalue weighted by atomic mass is 32.1. The molecule has 182 valence electrons. The molecular formula is C27H24N4O4S. The van der Waals surface area contributed by atoms with E-state index in [1.165, 1.54) is 22.2 Å². The number of benzene rings is 1. The number of nitrogens with zero attached hydrogens (tertiary/aromatic N) is 3. The number of pyridine rings is 1. The molecule has 0 unspecified atom stereocenters. The average molecular weight is 501 g/mol. The maximum atomic E-state index is 13.4. The second kappa shape index (κ2) is 8.39. The fraction of sp³-hybridized carbons (Fsp3) is 0.259. The van der Waals surface area contributed by atoms with E-state index in [1.807, 2.05) is 57.2 Å². The van der Waals surface area contributed by atoms with E-state index in [0.29, 0.717) is 34.7 Å². The third-order valence-electron chi connectivity index (χ3n) is 6.37. The smallest absolute Gasteiger partial charge is 0.271 e. The Morgan fingerprint density at radius 2 is 2.11 bits per heavy atom. The van der Waals surface area contributed by atoms with Crippen LogP contribution in [0.25, 0.3) is 31.8 Å². The number of aryl methyl sites for hydroxylation is 1. The number of aromatic nitrogens is 3. The normalized spacial score (nSPS) is 14.8. The van der Waals surface area contributed by atoms with Gasteiger partial charge in [0.1, 0.15) is 21.8 Å². The van der Waals surface area contributed by atoms with E-state index < -0.39 is 0 Å². The molecule has 9 heteroatoms. The Bertz CT molecular complexity index is 1700. The Morgan fingerprint density at radius 1 is 1.25 bits per heavy atom. The number of nitrogens with one attached hydrogen (secondary N) is 1. The Hall–Kier alpha value is -3.82. The molecule has 0 atom stereocenters. The number of hydrogen-bond donors (Lipinski definition) is 1. The first-order chi connectivity index (χ1) is 17.3. The number of ether oxygens (including phenoxy) is 1. The van der Waals surface area contributed by atoms with Crippen LogP contribution in [0.15, 0.2) is 58.2 Å². The summed E-state index contributed by atoms with van der Waals surface area (Å²) >= 11 is 1.30. The van der Waals surface area contributed by atoms with Crippen molar-refractivity contribution in [2.45, 2.75) is 45.9 Å². The van der Waals surface area contributed by atoms with E-state index in [9.17, 15) is 9.59 Å². The fourth-order valence-corrected chi connectivity index (χ4v) is 5.79. The van der Waals surface area contributed by atoms with Crippen molar-refractivity contribution in [3.63, 3.8) is 0 Å². The van der Waals surface area contributed by atoms with Crippen molar-refractivity contribution in [2.24, 2.45) is 0 Å². The number of thiophene rings is 1. The predicted molar refractivity (Wildman–Crippen MR) is 139 cm³/mol. The molecule has 0 aliphatic carbocycles. The zero-order valence-corrected chi connectivity index (χ0v) is 20.9. The number of furan rings is 1. The Kier molecular flexibility index (Phi) is 5.27. The minimum absolute atomic E-state index is 0.138. The van der Waals surface area contributed by atoms with Gasteiger partial charge in [0.15, 0.2) is 0 Å². The Labute approximate surface area is 210 Å². The van der Waals surface area contributed by atoms with Gasteiger partial charge in [0.05, 0.1) is 36.0 Å². The molecule has 6 rings (SSSR count). The second-order valence-corrected chi connectivity index (χ2v) is 10.7. The van der Waals surface area contributed by atoms with Gasteiger partial charge in [-0.1, -0.05) is 12.1 Å². The van der Waals surface area contributed by atoms with E-state index in [4.69, 9.17) is 14.1 Å². The van der Waals surface area contributed by atoms with Crippen LogP contribution in [0.5, 0.6) is 0 Å². The van der Waals surface area contributed by atoms with Crippen molar-refractivity contribution in [2.75, 3.05) is 5.32 Å². The van der Waals surface area contributed by atoms with Gasteiger partial charge >= 0.3 is 0 Å². The van der Waals surface area contributed by atoms with Crippen molar-refractivity contribution < 1.29 is 13.9 Å². The molecule has 1 amide bonds. The molecule has 1 aliphatic rings. The first kappa shape index (κ1) is 22.6. The Morgan fingerprint density at radius 3 is 2.89 bits per heavy atom. The largest absolute Gasteiger partial charge is 0.464 e. The number of hydrogen-bond acceptors (Lipinski definition) is 7. The summed E-state index contributed by atoms with van der Waals surface area (Å²) in [5.41, 5.74) is 4.43. The van der Waals surface area contributed by atoms with Crippen LogP contribution in [0, 0.1) is 6.92 Å². The zero-order valence-electron chi connectivity index (χ0n) is 20.1. The molecule has 8 nitrogen and oxygen atoms in total. The van der Waals surface area contributed by atoms with Gasteiger partial charge in [-0.25, -0.2) is 9.97 Å². The third-order valence-corrected chi connectivity index (χ3v) is 7.43. The molecule has 1 aromatic carbocycles. The van der Waals surface area contributed by atoms with Gasteiger partial charge in [0.2, 0.25) is 5.91 Å². The minimum Gasteiger partial charge on any atom is -0.464 e. The second-order valence-electron chi connectivity index (χ2n) is 9.67. The van der Waals surface area contributed by atoms with Gasteiger partial charge in [-0.05, 0) is 50.6 Å². The van der Waals surface area contributed by atoms with Crippen LogP contribution >= 0.6 is 11.3 Å². The van der Waals surface area contributed by atoms with Crippen LogP contribution < -0.4 is 10.9 Å². The summed E-state index contributed by atoms with van der Waals surface area (Å²) in [6, 6.07) is 11.3.